The molecule has 0 aromatic rings. The monoisotopic (exact) mass is 1340 g/mol. The predicted molar refractivity (Wildman–Crippen MR) is 367 cm³/mol. The molecule has 0 radical (unpaired) electrons. The fourth-order valence-electron chi connectivity index (χ4n) is 10.8. The normalized spacial score (nSPS) is 14.5. The van der Waals surface area contributed by atoms with Gasteiger partial charge in [0.15, 0.2) is 12.2 Å². The third-order valence-electron chi connectivity index (χ3n) is 16.9. The number of phosphoric ester groups is 2. The molecule has 91 heavy (non-hydrogen) atoms. The summed E-state index contributed by atoms with van der Waals surface area (Å²) in [5.41, 5.74) is 0. The number of unbranched alkanes of at least 4 members (excludes halogenated alkanes) is 34. The highest BCUT2D eigenvalue weighted by molar-refractivity contribution is 7.47. The molecule has 0 rings (SSSR count). The first kappa shape index (κ1) is 89.1. The van der Waals surface area contributed by atoms with Crippen LogP contribution in [0.25, 0.3) is 0 Å². The summed E-state index contributed by atoms with van der Waals surface area (Å²) in [6.07, 6.45) is 44.4. The first-order valence-corrected chi connectivity index (χ1v) is 40.2. The molecule has 0 fully saturated rings. The zero-order chi connectivity index (χ0) is 67.5. The van der Waals surface area contributed by atoms with Gasteiger partial charge in [0.05, 0.1) is 26.4 Å². The zero-order valence-corrected chi connectivity index (χ0v) is 61.3. The molecule has 0 aromatic heterocycles. The van der Waals surface area contributed by atoms with Crippen molar-refractivity contribution < 1.29 is 80.2 Å². The van der Waals surface area contributed by atoms with Gasteiger partial charge in [-0.1, -0.05) is 306 Å². The summed E-state index contributed by atoms with van der Waals surface area (Å²) in [5, 5.41) is 10.6. The minimum Gasteiger partial charge on any atom is -0.462 e. The van der Waals surface area contributed by atoms with Gasteiger partial charge >= 0.3 is 39.5 Å². The maximum atomic E-state index is 13.0. The molecule has 19 heteroatoms. The van der Waals surface area contributed by atoms with E-state index in [4.69, 9.17) is 37.0 Å². The molecule has 540 valence electrons. The molecule has 6 atom stereocenters. The molecule has 3 N–H and O–H groups in total. The number of hydrogen-bond donors (Lipinski definition) is 3. The Morgan fingerprint density at radius 1 is 0.308 bits per heavy atom. The van der Waals surface area contributed by atoms with Crippen LogP contribution in [0.15, 0.2) is 0 Å². The Morgan fingerprint density at radius 3 is 0.780 bits per heavy atom. The van der Waals surface area contributed by atoms with Gasteiger partial charge in [-0.3, -0.25) is 37.3 Å². The van der Waals surface area contributed by atoms with Crippen molar-refractivity contribution in [3.05, 3.63) is 0 Å². The Bertz CT molecular complexity index is 1800. The van der Waals surface area contributed by atoms with Crippen LogP contribution in [-0.2, 0) is 65.4 Å². The molecule has 0 bridgehead atoms. The highest BCUT2D eigenvalue weighted by Crippen LogP contribution is 2.45. The van der Waals surface area contributed by atoms with Gasteiger partial charge in [0, 0.05) is 25.7 Å². The van der Waals surface area contributed by atoms with E-state index >= 15 is 0 Å². The Kier molecular flexibility index (Phi) is 60.3. The second-order valence-electron chi connectivity index (χ2n) is 27.6. The molecule has 0 spiro atoms. The van der Waals surface area contributed by atoms with Crippen LogP contribution in [0.2, 0.25) is 0 Å². The lowest BCUT2D eigenvalue weighted by Gasteiger charge is -2.21. The second-order valence-corrected chi connectivity index (χ2v) is 30.6. The van der Waals surface area contributed by atoms with Crippen LogP contribution in [0, 0.1) is 23.7 Å². The van der Waals surface area contributed by atoms with E-state index in [1.807, 2.05) is 0 Å². The lowest BCUT2D eigenvalue weighted by atomic mass is 9.99. The summed E-state index contributed by atoms with van der Waals surface area (Å²) in [6.45, 7) is 14.1. The molecule has 0 aliphatic carbocycles. The minimum atomic E-state index is -4.95. The van der Waals surface area contributed by atoms with Gasteiger partial charge in [-0.25, -0.2) is 9.13 Å². The van der Waals surface area contributed by atoms with Gasteiger partial charge in [-0.15, -0.1) is 0 Å². The lowest BCUT2D eigenvalue weighted by molar-refractivity contribution is -0.161. The van der Waals surface area contributed by atoms with Crippen molar-refractivity contribution in [1.29, 1.82) is 0 Å². The number of aliphatic hydroxyl groups is 1. The minimum absolute atomic E-state index is 0.105. The van der Waals surface area contributed by atoms with Crippen LogP contribution >= 0.6 is 15.6 Å². The predicted octanol–water partition coefficient (Wildman–Crippen LogP) is 20.5. The summed E-state index contributed by atoms with van der Waals surface area (Å²) in [7, 11) is -9.91. The van der Waals surface area contributed by atoms with Crippen molar-refractivity contribution in [2.24, 2.45) is 23.7 Å². The molecule has 0 saturated heterocycles. The molecule has 4 unspecified atom stereocenters. The third kappa shape index (κ3) is 65.1. The summed E-state index contributed by atoms with van der Waals surface area (Å²) < 4.78 is 68.4. The van der Waals surface area contributed by atoms with Crippen molar-refractivity contribution in [1.82, 2.24) is 0 Å². The van der Waals surface area contributed by atoms with Gasteiger partial charge in [-0.05, 0) is 49.4 Å². The van der Waals surface area contributed by atoms with Crippen LogP contribution in [-0.4, -0.2) is 96.7 Å². The van der Waals surface area contributed by atoms with Crippen LogP contribution < -0.4 is 0 Å². The standard InChI is InChI=1S/C72H140O17P2/c1-9-65(8)51-43-35-27-21-22-28-36-44-52-69(74)82-58-67(88-71(76)54-46-38-29-19-14-12-10-11-13-17-24-32-40-48-62(2)3)60-86-90(78,79)84-56-66(73)57-85-91(80,81)87-61-68(59-83-70(75)53-45-37-31-23-26-34-42-50-64(6)7)89-72(77)55-47-39-30-20-16-15-18-25-33-41-49-63(4)5/h62-68,73H,9-61H2,1-8H3,(H,78,79)(H,80,81)/t65?,66?,67-,68-/m1/s1. The largest absolute Gasteiger partial charge is 0.472 e. The van der Waals surface area contributed by atoms with E-state index < -0.39 is 97.5 Å². The summed E-state index contributed by atoms with van der Waals surface area (Å²) in [6, 6.07) is 0. The third-order valence-corrected chi connectivity index (χ3v) is 18.8. The number of hydrogen-bond acceptors (Lipinski definition) is 15. The van der Waals surface area contributed by atoms with E-state index in [2.05, 4.69) is 55.4 Å². The number of carbonyl (C=O) groups excluding carboxylic acids is 4. The summed E-state index contributed by atoms with van der Waals surface area (Å²) >= 11 is 0. The first-order valence-electron chi connectivity index (χ1n) is 37.2. The van der Waals surface area contributed by atoms with Crippen molar-refractivity contribution in [2.45, 2.75) is 375 Å². The summed E-state index contributed by atoms with van der Waals surface area (Å²) in [5.74, 6) is 0.894. The average molecular weight is 1340 g/mol. The van der Waals surface area contributed by atoms with E-state index in [-0.39, 0.29) is 25.7 Å². The SMILES string of the molecule is CCC(C)CCCCCCCCCCC(=O)OC[C@H](COP(=O)(O)OCC(O)COP(=O)(O)OC[C@@H](COC(=O)CCCCCCCCCC(C)C)OC(=O)CCCCCCCCCCCCC(C)C)OC(=O)CCCCCCCCCCCCCCCC(C)C. The number of esters is 4. The maximum Gasteiger partial charge on any atom is 0.472 e. The van der Waals surface area contributed by atoms with E-state index in [1.54, 1.807) is 0 Å². The fourth-order valence-corrected chi connectivity index (χ4v) is 12.4. The van der Waals surface area contributed by atoms with Gasteiger partial charge in [0.2, 0.25) is 0 Å². The van der Waals surface area contributed by atoms with E-state index in [1.165, 1.54) is 154 Å². The maximum absolute atomic E-state index is 13.0. The highest BCUT2D eigenvalue weighted by Gasteiger charge is 2.30. The molecule has 0 heterocycles. The molecular formula is C72H140O17P2. The van der Waals surface area contributed by atoms with Crippen LogP contribution in [0.1, 0.15) is 357 Å². The van der Waals surface area contributed by atoms with E-state index in [0.717, 1.165) is 114 Å². The Morgan fingerprint density at radius 2 is 0.527 bits per heavy atom. The van der Waals surface area contributed by atoms with Gasteiger partial charge in [0.25, 0.3) is 0 Å². The lowest BCUT2D eigenvalue weighted by Crippen LogP contribution is -2.30. The number of carbonyl (C=O) groups is 4. The van der Waals surface area contributed by atoms with Crippen LogP contribution in [0.3, 0.4) is 0 Å². The van der Waals surface area contributed by atoms with Crippen LogP contribution in [0.5, 0.6) is 0 Å². The molecule has 17 nitrogen and oxygen atoms in total. The Balaban J connectivity index is 5.26. The second kappa shape index (κ2) is 61.6. The van der Waals surface area contributed by atoms with Crippen molar-refractivity contribution in [3.8, 4) is 0 Å². The van der Waals surface area contributed by atoms with Crippen LogP contribution in [0.4, 0.5) is 0 Å². The van der Waals surface area contributed by atoms with Crippen molar-refractivity contribution >= 4 is 39.5 Å². The quantitative estimate of drug-likeness (QED) is 0.0222. The van der Waals surface area contributed by atoms with Gasteiger partial charge < -0.3 is 33.8 Å². The van der Waals surface area contributed by atoms with Gasteiger partial charge in [-0.2, -0.15) is 0 Å². The number of aliphatic hydroxyl groups excluding tert-OH is 1. The highest BCUT2D eigenvalue weighted by atomic mass is 31.2. The number of rotatable bonds is 69. The Hall–Kier alpha value is -1.94. The number of ether oxygens (including phenoxy) is 4. The Labute approximate surface area is 556 Å². The van der Waals surface area contributed by atoms with Crippen molar-refractivity contribution in [3.63, 3.8) is 0 Å². The van der Waals surface area contributed by atoms with Gasteiger partial charge in [0.1, 0.15) is 19.3 Å². The summed E-state index contributed by atoms with van der Waals surface area (Å²) in [4.78, 5) is 72.6. The molecule has 0 aromatic carbocycles. The molecule has 0 saturated carbocycles. The van der Waals surface area contributed by atoms with Crippen molar-refractivity contribution in [2.75, 3.05) is 39.6 Å². The smallest absolute Gasteiger partial charge is 0.462 e. The first-order chi connectivity index (χ1) is 43.6. The molecule has 0 aliphatic rings. The molecular weight excluding hydrogens is 1200 g/mol. The molecule has 0 aliphatic heterocycles. The topological polar surface area (TPSA) is 237 Å². The average Bonchev–Trinajstić information content (AvgIpc) is 3.59. The van der Waals surface area contributed by atoms with E-state index in [0.29, 0.717) is 31.6 Å². The van der Waals surface area contributed by atoms with E-state index in [9.17, 15) is 43.2 Å². The number of phosphoric acid groups is 2. The molecule has 0 amide bonds. The zero-order valence-electron chi connectivity index (χ0n) is 59.5. The fraction of sp³-hybridized carbons (Fsp3) is 0.944.